The molecule has 3 aromatic rings. The Hall–Kier alpha value is -2.95. The highest BCUT2D eigenvalue weighted by atomic mass is 32.1. The number of thiophene rings is 1. The third-order valence-corrected chi connectivity index (χ3v) is 6.17. The van der Waals surface area contributed by atoms with E-state index >= 15 is 0 Å². The van der Waals surface area contributed by atoms with Crippen molar-refractivity contribution in [2.45, 2.75) is 25.3 Å². The van der Waals surface area contributed by atoms with E-state index in [-0.39, 0.29) is 17.6 Å². The molecule has 5 nitrogen and oxygen atoms in total. The van der Waals surface area contributed by atoms with Gasteiger partial charge in [0.25, 0.3) is 0 Å². The van der Waals surface area contributed by atoms with Gasteiger partial charge in [-0.1, -0.05) is 24.6 Å². The Balaban J connectivity index is 1.47. The summed E-state index contributed by atoms with van der Waals surface area (Å²) in [4.78, 5) is 8.06. The van der Waals surface area contributed by atoms with Crippen LogP contribution in [0.3, 0.4) is 0 Å². The minimum atomic E-state index is -0.282. The van der Waals surface area contributed by atoms with Crippen LogP contribution in [0.5, 0.6) is 0 Å². The maximum Gasteiger partial charge on any atom is 0.232 e. The first kappa shape index (κ1) is 20.3. The molecule has 7 heteroatoms. The number of hydrogen-bond acceptors (Lipinski definition) is 6. The first-order valence-electron chi connectivity index (χ1n) is 10.1. The quantitative estimate of drug-likeness (QED) is 0.540. The Morgan fingerprint density at radius 1 is 1.20 bits per heavy atom. The number of benzene rings is 1. The summed E-state index contributed by atoms with van der Waals surface area (Å²) < 4.78 is 18.8. The van der Waals surface area contributed by atoms with Crippen LogP contribution in [-0.2, 0) is 0 Å². The Kier molecular flexibility index (Phi) is 6.57. The number of anilines is 1. The number of oxazole rings is 1. The molecule has 1 unspecified atom stereocenters. The van der Waals surface area contributed by atoms with Crippen molar-refractivity contribution in [3.05, 3.63) is 69.6 Å². The smallest absolute Gasteiger partial charge is 0.232 e. The molecule has 0 amide bonds. The zero-order valence-electron chi connectivity index (χ0n) is 16.6. The molecule has 0 saturated carbocycles. The Morgan fingerprint density at radius 2 is 2.00 bits per heavy atom. The molecule has 0 aliphatic carbocycles. The number of nitriles is 1. The number of halogens is 1. The summed E-state index contributed by atoms with van der Waals surface area (Å²) in [5, 5.41) is 14.9. The van der Waals surface area contributed by atoms with E-state index < -0.39 is 0 Å². The van der Waals surface area contributed by atoms with E-state index in [4.69, 9.17) is 4.42 Å². The average molecular weight is 423 g/mol. The van der Waals surface area contributed by atoms with Gasteiger partial charge in [-0.05, 0) is 61.1 Å². The highest BCUT2D eigenvalue weighted by Gasteiger charge is 2.24. The molecule has 1 aromatic carbocycles. The van der Waals surface area contributed by atoms with Crippen LogP contribution < -0.4 is 5.32 Å². The van der Waals surface area contributed by atoms with Crippen molar-refractivity contribution in [1.82, 2.24) is 9.88 Å². The van der Waals surface area contributed by atoms with E-state index in [9.17, 15) is 9.65 Å². The van der Waals surface area contributed by atoms with Gasteiger partial charge in [-0.3, -0.25) is 4.90 Å². The number of nitrogens with zero attached hydrogens (tertiary/aromatic N) is 3. The molecule has 4 rings (SSSR count). The van der Waals surface area contributed by atoms with Gasteiger partial charge >= 0.3 is 0 Å². The van der Waals surface area contributed by atoms with Crippen molar-refractivity contribution in [1.29, 1.82) is 5.26 Å². The molecule has 1 saturated heterocycles. The molecule has 1 N–H and O–H groups in total. The molecular formula is C23H23FN4OS. The number of aromatic nitrogens is 1. The predicted molar refractivity (Wildman–Crippen MR) is 118 cm³/mol. The van der Waals surface area contributed by atoms with Crippen LogP contribution in [-0.4, -0.2) is 29.5 Å². The van der Waals surface area contributed by atoms with E-state index in [0.717, 1.165) is 18.7 Å². The first-order chi connectivity index (χ1) is 14.7. The van der Waals surface area contributed by atoms with Gasteiger partial charge in [-0.15, -0.1) is 11.3 Å². The van der Waals surface area contributed by atoms with Crippen LogP contribution in [0.1, 0.15) is 47.3 Å². The van der Waals surface area contributed by atoms with Crippen molar-refractivity contribution < 1.29 is 8.81 Å². The molecule has 2 aromatic heterocycles. The average Bonchev–Trinajstić information content (AvgIpc) is 3.44. The lowest BCUT2D eigenvalue weighted by Crippen LogP contribution is -2.36. The standard InChI is InChI=1S/C23H23FN4OS/c24-18-9-6-17(7-10-18)8-11-22-27-19(15-25)23(29-22)26-16-20(21-5-4-14-30-21)28-12-2-1-3-13-28/h4-11,14,20,26H,1-3,12-13,16H2/b11-8+. The lowest BCUT2D eigenvalue weighted by Gasteiger charge is -2.34. The van der Waals surface area contributed by atoms with Gasteiger partial charge in [0.2, 0.25) is 17.5 Å². The summed E-state index contributed by atoms with van der Waals surface area (Å²) in [6.45, 7) is 2.81. The first-order valence-corrected chi connectivity index (χ1v) is 11.0. The molecule has 3 heterocycles. The fourth-order valence-electron chi connectivity index (χ4n) is 3.65. The number of likely N-dealkylation sites (tertiary alicyclic amines) is 1. The van der Waals surface area contributed by atoms with E-state index in [1.807, 2.05) is 0 Å². The lowest BCUT2D eigenvalue weighted by molar-refractivity contribution is 0.172. The molecule has 0 radical (unpaired) electrons. The molecule has 1 aliphatic rings. The van der Waals surface area contributed by atoms with Gasteiger partial charge in [-0.2, -0.15) is 10.2 Å². The molecule has 0 spiro atoms. The van der Waals surface area contributed by atoms with E-state index in [1.165, 1.54) is 36.3 Å². The highest BCUT2D eigenvalue weighted by molar-refractivity contribution is 7.10. The minimum absolute atomic E-state index is 0.234. The SMILES string of the molecule is N#Cc1nc(/C=C/c2ccc(F)cc2)oc1NCC(c1cccs1)N1CCCCC1. The van der Waals surface area contributed by atoms with E-state index in [2.05, 4.69) is 38.8 Å². The monoisotopic (exact) mass is 422 g/mol. The Labute approximate surface area is 179 Å². The summed E-state index contributed by atoms with van der Waals surface area (Å²) >= 11 is 1.75. The van der Waals surface area contributed by atoms with Crippen LogP contribution in [0.25, 0.3) is 12.2 Å². The summed E-state index contributed by atoms with van der Waals surface area (Å²) in [6.07, 6.45) is 7.17. The van der Waals surface area contributed by atoms with Crippen molar-refractivity contribution in [2.24, 2.45) is 0 Å². The van der Waals surface area contributed by atoms with Crippen molar-refractivity contribution in [3.8, 4) is 6.07 Å². The normalized spacial score (nSPS) is 15.9. The maximum absolute atomic E-state index is 13.0. The molecule has 1 fully saturated rings. The minimum Gasteiger partial charge on any atom is -0.420 e. The van der Waals surface area contributed by atoms with Gasteiger partial charge in [0.1, 0.15) is 11.9 Å². The molecule has 0 bridgehead atoms. The van der Waals surface area contributed by atoms with Crippen LogP contribution in [0, 0.1) is 17.1 Å². The fourth-order valence-corrected chi connectivity index (χ4v) is 4.52. The zero-order valence-corrected chi connectivity index (χ0v) is 17.4. The zero-order chi connectivity index (χ0) is 20.8. The topological polar surface area (TPSA) is 65.1 Å². The second-order valence-electron chi connectivity index (χ2n) is 7.24. The van der Waals surface area contributed by atoms with Crippen LogP contribution in [0.4, 0.5) is 10.3 Å². The Morgan fingerprint density at radius 3 is 2.70 bits per heavy atom. The third-order valence-electron chi connectivity index (χ3n) is 5.20. The second kappa shape index (κ2) is 9.70. The van der Waals surface area contributed by atoms with Crippen molar-refractivity contribution in [3.63, 3.8) is 0 Å². The van der Waals surface area contributed by atoms with Crippen LogP contribution in [0.15, 0.2) is 46.2 Å². The number of hydrogen-bond donors (Lipinski definition) is 1. The maximum atomic E-state index is 13.0. The van der Waals surface area contributed by atoms with Gasteiger partial charge < -0.3 is 9.73 Å². The summed E-state index contributed by atoms with van der Waals surface area (Å²) in [7, 11) is 0. The fraction of sp³-hybridized carbons (Fsp3) is 0.304. The lowest BCUT2D eigenvalue weighted by atomic mass is 10.1. The van der Waals surface area contributed by atoms with Gasteiger partial charge in [0.15, 0.2) is 0 Å². The number of rotatable bonds is 7. The molecule has 30 heavy (non-hydrogen) atoms. The Bertz CT molecular complexity index is 1010. The van der Waals surface area contributed by atoms with Gasteiger partial charge in [0, 0.05) is 17.5 Å². The summed E-state index contributed by atoms with van der Waals surface area (Å²) in [6, 6.07) is 12.7. The summed E-state index contributed by atoms with van der Waals surface area (Å²) in [5.74, 6) is 0.439. The molecule has 1 aliphatic heterocycles. The van der Waals surface area contributed by atoms with Crippen molar-refractivity contribution in [2.75, 3.05) is 25.0 Å². The van der Waals surface area contributed by atoms with Gasteiger partial charge in [-0.25, -0.2) is 4.39 Å². The van der Waals surface area contributed by atoms with E-state index in [0.29, 0.717) is 18.3 Å². The predicted octanol–water partition coefficient (Wildman–Crippen LogP) is 5.56. The highest BCUT2D eigenvalue weighted by Crippen LogP contribution is 2.29. The van der Waals surface area contributed by atoms with E-state index in [1.54, 1.807) is 35.6 Å². The molecule has 1 atom stereocenters. The number of nitrogens with one attached hydrogen (secondary N) is 1. The summed E-state index contributed by atoms with van der Waals surface area (Å²) in [5.41, 5.74) is 1.06. The molecule has 154 valence electrons. The molecular weight excluding hydrogens is 399 g/mol. The van der Waals surface area contributed by atoms with Crippen molar-refractivity contribution >= 4 is 29.4 Å². The largest absolute Gasteiger partial charge is 0.420 e. The van der Waals surface area contributed by atoms with Gasteiger partial charge in [0.05, 0.1) is 6.04 Å². The second-order valence-corrected chi connectivity index (χ2v) is 8.21. The van der Waals surface area contributed by atoms with Crippen LogP contribution >= 0.6 is 11.3 Å². The van der Waals surface area contributed by atoms with Crippen LogP contribution in [0.2, 0.25) is 0 Å². The number of piperidine rings is 1. The third kappa shape index (κ3) is 4.96.